The first-order valence-corrected chi connectivity index (χ1v) is 5.75. The Hall–Kier alpha value is 0. The summed E-state index contributed by atoms with van der Waals surface area (Å²) < 4.78 is 0. The minimum Gasteiger partial charge on any atom is -0.0628 e. The lowest BCUT2D eigenvalue weighted by Crippen LogP contribution is -2.31. The second-order valence-electron chi connectivity index (χ2n) is 5.41. The molecular formula is C12H22. The summed E-state index contributed by atoms with van der Waals surface area (Å²) in [7, 11) is 0. The summed E-state index contributed by atoms with van der Waals surface area (Å²) in [6.07, 6.45) is 9.30. The van der Waals surface area contributed by atoms with Crippen molar-refractivity contribution >= 4 is 0 Å². The van der Waals surface area contributed by atoms with Crippen LogP contribution in [-0.2, 0) is 0 Å². The van der Waals surface area contributed by atoms with Crippen LogP contribution >= 0.6 is 0 Å². The molecule has 2 bridgehead atoms. The third-order valence-corrected chi connectivity index (χ3v) is 3.97. The zero-order chi connectivity index (χ0) is 8.55. The van der Waals surface area contributed by atoms with Crippen molar-refractivity contribution in [2.75, 3.05) is 0 Å². The van der Waals surface area contributed by atoms with Gasteiger partial charge in [0, 0.05) is 0 Å². The molecule has 0 heteroatoms. The van der Waals surface area contributed by atoms with Crippen LogP contribution < -0.4 is 0 Å². The second kappa shape index (κ2) is 3.40. The molecule has 0 heterocycles. The van der Waals surface area contributed by atoms with Crippen LogP contribution in [0.15, 0.2) is 0 Å². The van der Waals surface area contributed by atoms with Gasteiger partial charge in [0.25, 0.3) is 0 Å². The Kier molecular flexibility index (Phi) is 2.43. The number of hydrogen-bond donors (Lipinski definition) is 0. The van der Waals surface area contributed by atoms with E-state index >= 15 is 0 Å². The highest BCUT2D eigenvalue weighted by molar-refractivity contribution is 4.86. The molecule has 0 aliphatic heterocycles. The molecule has 0 saturated heterocycles. The molecule has 0 nitrogen and oxygen atoms in total. The van der Waals surface area contributed by atoms with Crippen molar-refractivity contribution < 1.29 is 0 Å². The molecule has 3 aliphatic carbocycles. The fourth-order valence-electron chi connectivity index (χ4n) is 3.41. The Morgan fingerprint density at radius 2 is 1.75 bits per heavy atom. The molecule has 0 N–H and O–H groups in total. The van der Waals surface area contributed by atoms with Gasteiger partial charge in [0.2, 0.25) is 0 Å². The summed E-state index contributed by atoms with van der Waals surface area (Å²) in [5.41, 5.74) is 0. The van der Waals surface area contributed by atoms with Crippen LogP contribution in [0.4, 0.5) is 0 Å². The van der Waals surface area contributed by atoms with Crippen LogP contribution in [0.3, 0.4) is 0 Å². The predicted molar refractivity (Wildman–Crippen MR) is 53.0 cm³/mol. The lowest BCUT2D eigenvalue weighted by molar-refractivity contribution is 0.0842. The quantitative estimate of drug-likeness (QED) is 0.584. The molecule has 3 rings (SSSR count). The van der Waals surface area contributed by atoms with Crippen molar-refractivity contribution in [2.24, 2.45) is 23.7 Å². The van der Waals surface area contributed by atoms with E-state index in [9.17, 15) is 0 Å². The van der Waals surface area contributed by atoms with E-state index in [0.717, 1.165) is 23.7 Å². The van der Waals surface area contributed by atoms with Gasteiger partial charge in [-0.15, -0.1) is 0 Å². The highest BCUT2D eigenvalue weighted by Gasteiger charge is 2.35. The molecule has 0 radical (unpaired) electrons. The first-order chi connectivity index (χ1) is 5.75. The summed E-state index contributed by atoms with van der Waals surface area (Å²) in [5.74, 6) is 4.28. The van der Waals surface area contributed by atoms with Gasteiger partial charge in [-0.05, 0) is 49.4 Å². The fraction of sp³-hybridized carbons (Fsp3) is 1.00. The topological polar surface area (TPSA) is 0 Å². The van der Waals surface area contributed by atoms with E-state index in [-0.39, 0.29) is 0 Å². The van der Waals surface area contributed by atoms with Gasteiger partial charge in [0.05, 0.1) is 0 Å². The van der Waals surface area contributed by atoms with Gasteiger partial charge in [-0.25, -0.2) is 0 Å². The number of rotatable bonds is 2. The fourth-order valence-corrected chi connectivity index (χ4v) is 3.41. The molecule has 3 aliphatic rings. The zero-order valence-corrected chi connectivity index (χ0v) is 8.55. The summed E-state index contributed by atoms with van der Waals surface area (Å²) in [4.78, 5) is 0. The normalized spacial score (nSPS) is 40.8. The van der Waals surface area contributed by atoms with Gasteiger partial charge in [-0.1, -0.05) is 26.7 Å². The third-order valence-electron chi connectivity index (χ3n) is 3.97. The summed E-state index contributed by atoms with van der Waals surface area (Å²) in [5, 5.41) is 0. The van der Waals surface area contributed by atoms with Gasteiger partial charge in [-0.2, -0.15) is 0 Å². The van der Waals surface area contributed by atoms with Crippen molar-refractivity contribution in [2.45, 2.75) is 52.4 Å². The van der Waals surface area contributed by atoms with E-state index in [4.69, 9.17) is 0 Å². The average Bonchev–Trinajstić information content (AvgIpc) is 2.05. The average molecular weight is 166 g/mol. The molecule has 0 spiro atoms. The molecule has 0 aromatic carbocycles. The van der Waals surface area contributed by atoms with Crippen LogP contribution in [0.2, 0.25) is 0 Å². The summed E-state index contributed by atoms with van der Waals surface area (Å²) in [6.45, 7) is 4.75. The van der Waals surface area contributed by atoms with E-state index < -0.39 is 0 Å². The van der Waals surface area contributed by atoms with Gasteiger partial charge in [0.15, 0.2) is 0 Å². The number of hydrogen-bond acceptors (Lipinski definition) is 0. The lowest BCUT2D eigenvalue weighted by Gasteiger charge is -2.43. The molecular weight excluding hydrogens is 144 g/mol. The lowest BCUT2D eigenvalue weighted by atomic mass is 9.63. The third kappa shape index (κ3) is 1.67. The molecule has 1 atom stereocenters. The SMILES string of the molecule is CC(C)CC1CC2CCC1CC2. The van der Waals surface area contributed by atoms with Crippen molar-refractivity contribution in [3.8, 4) is 0 Å². The standard InChI is InChI=1S/C12H22/c1-9(2)7-12-8-10-3-5-11(12)6-4-10/h9-12H,3-8H2,1-2H3. The summed E-state index contributed by atoms with van der Waals surface area (Å²) in [6, 6.07) is 0. The van der Waals surface area contributed by atoms with Crippen LogP contribution in [0, 0.1) is 23.7 Å². The monoisotopic (exact) mass is 166 g/mol. The van der Waals surface area contributed by atoms with E-state index in [2.05, 4.69) is 13.8 Å². The van der Waals surface area contributed by atoms with Gasteiger partial charge >= 0.3 is 0 Å². The second-order valence-corrected chi connectivity index (χ2v) is 5.41. The van der Waals surface area contributed by atoms with E-state index in [1.165, 1.54) is 6.42 Å². The maximum Gasteiger partial charge on any atom is -0.0381 e. The van der Waals surface area contributed by atoms with Crippen LogP contribution in [0.5, 0.6) is 0 Å². The number of fused-ring (bicyclic) bond motifs is 3. The molecule has 12 heavy (non-hydrogen) atoms. The molecule has 1 unspecified atom stereocenters. The molecule has 3 saturated carbocycles. The minimum absolute atomic E-state index is 0.925. The van der Waals surface area contributed by atoms with E-state index in [0.29, 0.717) is 0 Å². The highest BCUT2D eigenvalue weighted by atomic mass is 14.4. The molecule has 0 aromatic heterocycles. The van der Waals surface area contributed by atoms with Crippen molar-refractivity contribution in [1.29, 1.82) is 0 Å². The minimum atomic E-state index is 0.925. The van der Waals surface area contributed by atoms with E-state index in [1.807, 2.05) is 0 Å². The van der Waals surface area contributed by atoms with Gasteiger partial charge in [-0.3, -0.25) is 0 Å². The maximum absolute atomic E-state index is 2.38. The van der Waals surface area contributed by atoms with Crippen LogP contribution in [0.1, 0.15) is 52.4 Å². The van der Waals surface area contributed by atoms with Crippen molar-refractivity contribution in [3.05, 3.63) is 0 Å². The Morgan fingerprint density at radius 1 is 1.08 bits per heavy atom. The first kappa shape index (κ1) is 8.59. The smallest absolute Gasteiger partial charge is 0.0381 e. The molecule has 0 amide bonds. The summed E-state index contributed by atoms with van der Waals surface area (Å²) >= 11 is 0. The molecule has 0 aromatic rings. The Morgan fingerprint density at radius 3 is 2.17 bits per heavy atom. The Bertz CT molecular complexity index is 138. The van der Waals surface area contributed by atoms with Gasteiger partial charge in [0.1, 0.15) is 0 Å². The highest BCUT2D eigenvalue weighted by Crippen LogP contribution is 2.46. The van der Waals surface area contributed by atoms with Gasteiger partial charge < -0.3 is 0 Å². The van der Waals surface area contributed by atoms with Crippen molar-refractivity contribution in [1.82, 2.24) is 0 Å². The Balaban J connectivity index is 1.91. The predicted octanol–water partition coefficient (Wildman–Crippen LogP) is 3.86. The Labute approximate surface area is 76.7 Å². The molecule has 70 valence electrons. The maximum atomic E-state index is 2.38. The first-order valence-electron chi connectivity index (χ1n) is 5.75. The largest absolute Gasteiger partial charge is 0.0628 e. The zero-order valence-electron chi connectivity index (χ0n) is 8.55. The van der Waals surface area contributed by atoms with Crippen LogP contribution in [-0.4, -0.2) is 0 Å². The molecule has 3 fully saturated rings. The van der Waals surface area contributed by atoms with Crippen molar-refractivity contribution in [3.63, 3.8) is 0 Å². The van der Waals surface area contributed by atoms with E-state index in [1.54, 1.807) is 32.1 Å². The van der Waals surface area contributed by atoms with Crippen LogP contribution in [0.25, 0.3) is 0 Å².